The number of hydrogen-bond donors (Lipinski definition) is 0. The number of carbonyl (C=O) groups is 1. The summed E-state index contributed by atoms with van der Waals surface area (Å²) in [5.74, 6) is -0.0503. The molecule has 0 radical (unpaired) electrons. The highest BCUT2D eigenvalue weighted by atomic mass is 16.5. The van der Waals surface area contributed by atoms with Crippen molar-refractivity contribution < 1.29 is 9.53 Å². The average Bonchev–Trinajstić information content (AvgIpc) is 2.36. The molecule has 1 unspecified atom stereocenters. The maximum Gasteiger partial charge on any atom is 0.323 e. The summed E-state index contributed by atoms with van der Waals surface area (Å²) in [7, 11) is 0. The summed E-state index contributed by atoms with van der Waals surface area (Å²) in [5.41, 5.74) is 1.25. The molecule has 3 nitrogen and oxygen atoms in total. The maximum absolute atomic E-state index is 11.8. The Morgan fingerprint density at radius 2 is 2.17 bits per heavy atom. The fraction of sp³-hybridized carbons (Fsp3) is 0.533. The third-order valence-corrected chi connectivity index (χ3v) is 3.37. The van der Waals surface area contributed by atoms with E-state index in [-0.39, 0.29) is 12.0 Å². The second kappa shape index (κ2) is 6.55. The molecule has 1 aromatic rings. The number of esters is 1. The van der Waals surface area contributed by atoms with Crippen molar-refractivity contribution in [3.05, 3.63) is 35.9 Å². The summed E-state index contributed by atoms with van der Waals surface area (Å²) >= 11 is 0. The van der Waals surface area contributed by atoms with Crippen molar-refractivity contribution in [3.8, 4) is 0 Å². The maximum atomic E-state index is 11.8. The molecule has 0 saturated carbocycles. The van der Waals surface area contributed by atoms with Crippen molar-refractivity contribution in [2.24, 2.45) is 0 Å². The first-order valence-electron chi connectivity index (χ1n) is 6.76. The molecule has 1 heterocycles. The number of unbranched alkanes of at least 4 members (excludes halogenated alkanes) is 1. The quantitative estimate of drug-likeness (QED) is 0.571. The SMILES string of the molecule is CCCCOC(=O)C1CCN1Cc1ccccc1. The van der Waals surface area contributed by atoms with Crippen molar-refractivity contribution >= 4 is 5.97 Å². The number of likely N-dealkylation sites (tertiary alicyclic amines) is 1. The van der Waals surface area contributed by atoms with Gasteiger partial charge < -0.3 is 4.74 Å². The molecule has 0 N–H and O–H groups in total. The molecule has 1 aliphatic rings. The smallest absolute Gasteiger partial charge is 0.323 e. The Morgan fingerprint density at radius 3 is 2.78 bits per heavy atom. The molecule has 0 bridgehead atoms. The summed E-state index contributed by atoms with van der Waals surface area (Å²) in [6.45, 7) is 4.49. The zero-order valence-corrected chi connectivity index (χ0v) is 11.0. The lowest BCUT2D eigenvalue weighted by atomic mass is 10.0. The highest BCUT2D eigenvalue weighted by molar-refractivity contribution is 5.76. The summed E-state index contributed by atoms with van der Waals surface area (Å²) in [4.78, 5) is 14.0. The molecule has 1 saturated heterocycles. The molecule has 18 heavy (non-hydrogen) atoms. The Hall–Kier alpha value is -1.35. The van der Waals surface area contributed by atoms with Gasteiger partial charge in [0.05, 0.1) is 6.61 Å². The van der Waals surface area contributed by atoms with Crippen LogP contribution in [0.5, 0.6) is 0 Å². The number of hydrogen-bond acceptors (Lipinski definition) is 3. The number of nitrogens with zero attached hydrogens (tertiary/aromatic N) is 1. The van der Waals surface area contributed by atoms with Crippen molar-refractivity contribution in [1.82, 2.24) is 4.90 Å². The molecule has 1 aromatic carbocycles. The second-order valence-corrected chi connectivity index (χ2v) is 4.78. The van der Waals surface area contributed by atoms with E-state index in [1.165, 1.54) is 5.56 Å². The Kier molecular flexibility index (Phi) is 4.76. The van der Waals surface area contributed by atoms with Gasteiger partial charge in [0.25, 0.3) is 0 Å². The summed E-state index contributed by atoms with van der Waals surface area (Å²) in [5, 5.41) is 0. The van der Waals surface area contributed by atoms with Crippen LogP contribution < -0.4 is 0 Å². The van der Waals surface area contributed by atoms with Crippen LogP contribution in [0, 0.1) is 0 Å². The van der Waals surface area contributed by atoms with Crippen LogP contribution in [0.4, 0.5) is 0 Å². The van der Waals surface area contributed by atoms with Gasteiger partial charge in [-0.3, -0.25) is 9.69 Å². The van der Waals surface area contributed by atoms with Crippen LogP contribution in [-0.4, -0.2) is 30.1 Å². The highest BCUT2D eigenvalue weighted by Gasteiger charge is 2.34. The normalized spacial score (nSPS) is 19.3. The van der Waals surface area contributed by atoms with Crippen LogP contribution in [0.25, 0.3) is 0 Å². The minimum absolute atomic E-state index is 0.0259. The lowest BCUT2D eigenvalue weighted by Gasteiger charge is -2.39. The van der Waals surface area contributed by atoms with Crippen LogP contribution >= 0.6 is 0 Å². The van der Waals surface area contributed by atoms with E-state index >= 15 is 0 Å². The first-order chi connectivity index (χ1) is 8.81. The van der Waals surface area contributed by atoms with Gasteiger partial charge in [0.1, 0.15) is 6.04 Å². The van der Waals surface area contributed by atoms with Gasteiger partial charge in [-0.05, 0) is 18.4 Å². The van der Waals surface area contributed by atoms with Gasteiger partial charge in [0.2, 0.25) is 0 Å². The van der Waals surface area contributed by atoms with Gasteiger partial charge in [-0.2, -0.15) is 0 Å². The molecular weight excluding hydrogens is 226 g/mol. The molecule has 1 fully saturated rings. The van der Waals surface area contributed by atoms with Crippen molar-refractivity contribution in [1.29, 1.82) is 0 Å². The Balaban J connectivity index is 1.79. The fourth-order valence-electron chi connectivity index (χ4n) is 2.13. The highest BCUT2D eigenvalue weighted by Crippen LogP contribution is 2.21. The van der Waals surface area contributed by atoms with E-state index in [0.29, 0.717) is 6.61 Å². The van der Waals surface area contributed by atoms with E-state index in [1.54, 1.807) is 0 Å². The predicted octanol–water partition coefficient (Wildman–Crippen LogP) is 2.60. The number of benzene rings is 1. The van der Waals surface area contributed by atoms with Gasteiger partial charge >= 0.3 is 5.97 Å². The number of carbonyl (C=O) groups excluding carboxylic acids is 1. The van der Waals surface area contributed by atoms with Gasteiger partial charge in [-0.25, -0.2) is 0 Å². The van der Waals surface area contributed by atoms with E-state index in [1.807, 2.05) is 18.2 Å². The first-order valence-corrected chi connectivity index (χ1v) is 6.76. The zero-order valence-electron chi connectivity index (χ0n) is 11.0. The molecule has 0 aromatic heterocycles. The topological polar surface area (TPSA) is 29.5 Å². The van der Waals surface area contributed by atoms with Crippen LogP contribution in [-0.2, 0) is 16.1 Å². The molecule has 98 valence electrons. The van der Waals surface area contributed by atoms with Crippen LogP contribution in [0.2, 0.25) is 0 Å². The van der Waals surface area contributed by atoms with Gasteiger partial charge in [-0.1, -0.05) is 43.7 Å². The average molecular weight is 247 g/mol. The first kappa shape index (κ1) is 13.1. The molecule has 0 aliphatic carbocycles. The monoisotopic (exact) mass is 247 g/mol. The minimum atomic E-state index is -0.0503. The molecule has 0 amide bonds. The largest absolute Gasteiger partial charge is 0.465 e. The summed E-state index contributed by atoms with van der Waals surface area (Å²) in [6.07, 6.45) is 2.95. The van der Waals surface area contributed by atoms with E-state index in [4.69, 9.17) is 4.74 Å². The Morgan fingerprint density at radius 1 is 1.39 bits per heavy atom. The minimum Gasteiger partial charge on any atom is -0.465 e. The Labute approximate surface area is 109 Å². The van der Waals surface area contributed by atoms with E-state index in [2.05, 4.69) is 24.0 Å². The van der Waals surface area contributed by atoms with Gasteiger partial charge in [0, 0.05) is 13.1 Å². The molecule has 2 rings (SSSR count). The van der Waals surface area contributed by atoms with E-state index in [0.717, 1.165) is 32.4 Å². The summed E-state index contributed by atoms with van der Waals surface area (Å²) in [6, 6.07) is 10.2. The number of rotatable bonds is 6. The Bertz CT molecular complexity index is 377. The molecule has 1 atom stereocenters. The van der Waals surface area contributed by atoms with Crippen molar-refractivity contribution in [2.75, 3.05) is 13.2 Å². The van der Waals surface area contributed by atoms with Crippen LogP contribution in [0.3, 0.4) is 0 Å². The van der Waals surface area contributed by atoms with Crippen LogP contribution in [0.1, 0.15) is 31.7 Å². The third kappa shape index (κ3) is 3.33. The summed E-state index contributed by atoms with van der Waals surface area (Å²) < 4.78 is 5.27. The standard InChI is InChI=1S/C15H21NO2/c1-2-3-11-18-15(17)14-9-10-16(14)12-13-7-5-4-6-8-13/h4-8,14H,2-3,9-12H2,1H3. The number of ether oxygens (including phenoxy) is 1. The van der Waals surface area contributed by atoms with E-state index < -0.39 is 0 Å². The lowest BCUT2D eigenvalue weighted by molar-refractivity contribution is -0.155. The second-order valence-electron chi connectivity index (χ2n) is 4.78. The molecule has 0 spiro atoms. The van der Waals surface area contributed by atoms with Gasteiger partial charge in [0.15, 0.2) is 0 Å². The predicted molar refractivity (Wildman–Crippen MR) is 71.1 cm³/mol. The zero-order chi connectivity index (χ0) is 12.8. The van der Waals surface area contributed by atoms with Crippen molar-refractivity contribution in [2.45, 2.75) is 38.8 Å². The molecule has 1 aliphatic heterocycles. The van der Waals surface area contributed by atoms with Gasteiger partial charge in [-0.15, -0.1) is 0 Å². The third-order valence-electron chi connectivity index (χ3n) is 3.37. The lowest BCUT2D eigenvalue weighted by Crippen LogP contribution is -2.52. The molecule has 3 heteroatoms. The van der Waals surface area contributed by atoms with Crippen molar-refractivity contribution in [3.63, 3.8) is 0 Å². The van der Waals surface area contributed by atoms with Crippen LogP contribution in [0.15, 0.2) is 30.3 Å². The van der Waals surface area contributed by atoms with E-state index in [9.17, 15) is 4.79 Å². The fourth-order valence-corrected chi connectivity index (χ4v) is 2.13. The molecular formula is C15H21NO2.